The first-order valence-electron chi connectivity index (χ1n) is 4.18. The summed E-state index contributed by atoms with van der Waals surface area (Å²) in [6.07, 6.45) is 0.685. The molecule has 0 aliphatic carbocycles. The zero-order valence-corrected chi connectivity index (χ0v) is 8.14. The van der Waals surface area contributed by atoms with Gasteiger partial charge >= 0.3 is 0 Å². The maximum absolute atomic E-state index is 10.3. The molecule has 1 aromatic carbocycles. The maximum Gasteiger partial charge on any atom is 0.211 e. The Hall–Kier alpha value is -1.51. The third-order valence-electron chi connectivity index (χ3n) is 2.12. The topological polar surface area (TPSA) is 41.1 Å². The monoisotopic (exact) mass is 178 g/mol. The number of amides is 1. The SMILES string of the molecule is CNc1cc(C)c(C)cc1NC=O. The van der Waals surface area contributed by atoms with Crippen LogP contribution in [0, 0.1) is 13.8 Å². The van der Waals surface area contributed by atoms with Crippen molar-refractivity contribution in [3.63, 3.8) is 0 Å². The van der Waals surface area contributed by atoms with Gasteiger partial charge in [-0.2, -0.15) is 0 Å². The van der Waals surface area contributed by atoms with E-state index in [0.29, 0.717) is 6.41 Å². The highest BCUT2D eigenvalue weighted by atomic mass is 16.1. The number of nitrogens with one attached hydrogen (secondary N) is 2. The minimum atomic E-state index is 0.685. The fraction of sp³-hybridized carbons (Fsp3) is 0.300. The van der Waals surface area contributed by atoms with Crippen molar-refractivity contribution in [2.75, 3.05) is 17.7 Å². The number of rotatable bonds is 3. The highest BCUT2D eigenvalue weighted by molar-refractivity contribution is 5.81. The van der Waals surface area contributed by atoms with E-state index in [4.69, 9.17) is 0 Å². The molecule has 0 atom stereocenters. The summed E-state index contributed by atoms with van der Waals surface area (Å²) in [4.78, 5) is 10.3. The number of hydrogen-bond acceptors (Lipinski definition) is 2. The second-order valence-electron chi connectivity index (χ2n) is 2.99. The number of anilines is 2. The minimum Gasteiger partial charge on any atom is -0.386 e. The van der Waals surface area contributed by atoms with Crippen LogP contribution in [0.3, 0.4) is 0 Å². The van der Waals surface area contributed by atoms with Gasteiger partial charge in [0.2, 0.25) is 6.41 Å². The molecule has 0 unspecified atom stereocenters. The number of hydrogen-bond donors (Lipinski definition) is 2. The lowest BCUT2D eigenvalue weighted by Crippen LogP contribution is -2.00. The van der Waals surface area contributed by atoms with Crippen molar-refractivity contribution >= 4 is 17.8 Å². The van der Waals surface area contributed by atoms with Gasteiger partial charge in [-0.3, -0.25) is 4.79 Å². The van der Waals surface area contributed by atoms with E-state index in [2.05, 4.69) is 10.6 Å². The second-order valence-corrected chi connectivity index (χ2v) is 2.99. The standard InChI is InChI=1S/C10H14N2O/c1-7-4-9(11-3)10(12-6-13)5-8(7)2/h4-6,11H,1-3H3,(H,12,13). The van der Waals surface area contributed by atoms with Crippen molar-refractivity contribution in [3.05, 3.63) is 23.3 Å². The zero-order valence-electron chi connectivity index (χ0n) is 8.14. The molecular weight excluding hydrogens is 164 g/mol. The first-order valence-corrected chi connectivity index (χ1v) is 4.18. The lowest BCUT2D eigenvalue weighted by atomic mass is 10.1. The molecule has 0 spiro atoms. The highest BCUT2D eigenvalue weighted by Gasteiger charge is 2.02. The average Bonchev–Trinajstić information content (AvgIpc) is 2.11. The zero-order chi connectivity index (χ0) is 9.84. The Balaban J connectivity index is 3.15. The van der Waals surface area contributed by atoms with Crippen LogP contribution in [0.25, 0.3) is 0 Å². The van der Waals surface area contributed by atoms with E-state index >= 15 is 0 Å². The van der Waals surface area contributed by atoms with Crippen LogP contribution in [-0.2, 0) is 4.79 Å². The van der Waals surface area contributed by atoms with Crippen molar-refractivity contribution in [2.45, 2.75) is 13.8 Å². The van der Waals surface area contributed by atoms with E-state index < -0.39 is 0 Å². The Labute approximate surface area is 78.2 Å². The molecule has 0 aromatic heterocycles. The molecule has 3 nitrogen and oxygen atoms in total. The summed E-state index contributed by atoms with van der Waals surface area (Å²) in [5.41, 5.74) is 4.14. The van der Waals surface area contributed by atoms with Gasteiger partial charge in [-0.1, -0.05) is 0 Å². The molecule has 3 heteroatoms. The molecular formula is C10H14N2O. The van der Waals surface area contributed by atoms with Crippen LogP contribution >= 0.6 is 0 Å². The fourth-order valence-corrected chi connectivity index (χ4v) is 1.21. The molecule has 0 aliphatic rings. The van der Waals surface area contributed by atoms with Crippen molar-refractivity contribution in [1.29, 1.82) is 0 Å². The third kappa shape index (κ3) is 1.99. The predicted octanol–water partition coefficient (Wildman–Crippen LogP) is 1.91. The Bertz CT molecular complexity index is 321. The van der Waals surface area contributed by atoms with Crippen molar-refractivity contribution < 1.29 is 4.79 Å². The molecule has 1 amide bonds. The van der Waals surface area contributed by atoms with Crippen LogP contribution in [0.1, 0.15) is 11.1 Å². The minimum absolute atomic E-state index is 0.685. The van der Waals surface area contributed by atoms with Crippen LogP contribution < -0.4 is 10.6 Å². The number of carbonyl (C=O) groups is 1. The first kappa shape index (κ1) is 9.58. The summed E-state index contributed by atoms with van der Waals surface area (Å²) in [5, 5.41) is 5.68. The maximum atomic E-state index is 10.3. The lowest BCUT2D eigenvalue weighted by molar-refractivity contribution is -0.105. The Kier molecular flexibility index (Phi) is 2.90. The number of benzene rings is 1. The van der Waals surface area contributed by atoms with E-state index in [-0.39, 0.29) is 0 Å². The van der Waals surface area contributed by atoms with Crippen molar-refractivity contribution in [1.82, 2.24) is 0 Å². The summed E-state index contributed by atoms with van der Waals surface area (Å²) in [5.74, 6) is 0. The van der Waals surface area contributed by atoms with Gasteiger partial charge in [0.25, 0.3) is 0 Å². The quantitative estimate of drug-likeness (QED) is 0.694. The van der Waals surface area contributed by atoms with Gasteiger partial charge < -0.3 is 10.6 Å². The molecule has 13 heavy (non-hydrogen) atoms. The van der Waals surface area contributed by atoms with Crippen molar-refractivity contribution in [2.24, 2.45) is 0 Å². The summed E-state index contributed by atoms with van der Waals surface area (Å²) in [7, 11) is 1.83. The van der Waals surface area contributed by atoms with Gasteiger partial charge in [0, 0.05) is 7.05 Å². The van der Waals surface area contributed by atoms with Gasteiger partial charge in [0.05, 0.1) is 11.4 Å². The normalized spacial score (nSPS) is 9.46. The molecule has 70 valence electrons. The lowest BCUT2D eigenvalue weighted by Gasteiger charge is -2.10. The van der Waals surface area contributed by atoms with Crippen LogP contribution in [0.4, 0.5) is 11.4 Å². The van der Waals surface area contributed by atoms with E-state index in [9.17, 15) is 4.79 Å². The summed E-state index contributed by atoms with van der Waals surface area (Å²) in [6.45, 7) is 4.06. The average molecular weight is 178 g/mol. The summed E-state index contributed by atoms with van der Waals surface area (Å²) in [6, 6.07) is 3.97. The first-order chi connectivity index (χ1) is 6.19. The number of aryl methyl sites for hydroxylation is 2. The second kappa shape index (κ2) is 3.94. The van der Waals surface area contributed by atoms with E-state index in [1.54, 1.807) is 0 Å². The molecule has 1 rings (SSSR count). The van der Waals surface area contributed by atoms with Crippen molar-refractivity contribution in [3.8, 4) is 0 Å². The molecule has 0 radical (unpaired) electrons. The van der Waals surface area contributed by atoms with E-state index in [1.165, 1.54) is 11.1 Å². The van der Waals surface area contributed by atoms with E-state index in [1.807, 2.05) is 33.0 Å². The molecule has 0 heterocycles. The summed E-state index contributed by atoms with van der Waals surface area (Å²) < 4.78 is 0. The molecule has 0 saturated carbocycles. The molecule has 1 aromatic rings. The number of carbonyl (C=O) groups excluding carboxylic acids is 1. The van der Waals surface area contributed by atoms with Gasteiger partial charge in [0.1, 0.15) is 0 Å². The fourth-order valence-electron chi connectivity index (χ4n) is 1.21. The Morgan fingerprint density at radius 1 is 1.15 bits per heavy atom. The van der Waals surface area contributed by atoms with Crippen LogP contribution in [0.15, 0.2) is 12.1 Å². The third-order valence-corrected chi connectivity index (χ3v) is 2.12. The van der Waals surface area contributed by atoms with Crippen LogP contribution in [-0.4, -0.2) is 13.5 Å². The van der Waals surface area contributed by atoms with E-state index in [0.717, 1.165) is 11.4 Å². The Morgan fingerprint density at radius 2 is 1.69 bits per heavy atom. The van der Waals surface area contributed by atoms with Gasteiger partial charge in [-0.15, -0.1) is 0 Å². The Morgan fingerprint density at radius 3 is 2.15 bits per heavy atom. The van der Waals surface area contributed by atoms with Crippen LogP contribution in [0.5, 0.6) is 0 Å². The predicted molar refractivity (Wildman–Crippen MR) is 55.1 cm³/mol. The summed E-state index contributed by atoms with van der Waals surface area (Å²) >= 11 is 0. The van der Waals surface area contributed by atoms with Crippen LogP contribution in [0.2, 0.25) is 0 Å². The molecule has 0 aliphatic heterocycles. The van der Waals surface area contributed by atoms with Gasteiger partial charge in [-0.25, -0.2) is 0 Å². The van der Waals surface area contributed by atoms with Gasteiger partial charge in [-0.05, 0) is 37.1 Å². The smallest absolute Gasteiger partial charge is 0.211 e. The molecule has 0 bridgehead atoms. The largest absolute Gasteiger partial charge is 0.386 e. The highest BCUT2D eigenvalue weighted by Crippen LogP contribution is 2.24. The van der Waals surface area contributed by atoms with Gasteiger partial charge in [0.15, 0.2) is 0 Å². The molecule has 0 fully saturated rings. The molecule has 2 N–H and O–H groups in total. The molecule has 0 saturated heterocycles.